The molecule has 5 N–H and O–H groups in total. The number of aliphatic hydroxyl groups excluding tert-OH is 2. The second kappa shape index (κ2) is 18.5. The topological polar surface area (TPSA) is 209 Å². The first-order chi connectivity index (χ1) is 29.3. The molecule has 9 unspecified atom stereocenters. The van der Waals surface area contributed by atoms with Crippen LogP contribution < -0.4 is 20.8 Å². The van der Waals surface area contributed by atoms with E-state index in [1.165, 1.54) is 27.2 Å². The van der Waals surface area contributed by atoms with E-state index in [0.717, 1.165) is 38.9 Å². The Balaban J connectivity index is 1.53. The van der Waals surface area contributed by atoms with Gasteiger partial charge >= 0.3 is 11.8 Å². The summed E-state index contributed by atoms with van der Waals surface area (Å²) in [6.45, 7) is 17.5. The van der Waals surface area contributed by atoms with Gasteiger partial charge in [0.15, 0.2) is 5.75 Å². The number of nitrogens with one attached hydrogen (secondary N) is 1. The molecule has 15 nitrogen and oxygen atoms in total. The number of aromatic hydroxyl groups is 2. The van der Waals surface area contributed by atoms with Crippen molar-refractivity contribution in [1.82, 2.24) is 4.90 Å². The molecule has 5 heterocycles. The first-order valence-corrected chi connectivity index (χ1v) is 21.9. The molecule has 62 heavy (non-hydrogen) atoms. The zero-order valence-corrected chi connectivity index (χ0v) is 37.7. The molecule has 15 heteroatoms. The Kier molecular flexibility index (Phi) is 13.9. The minimum atomic E-state index is -1.95. The van der Waals surface area contributed by atoms with E-state index in [2.05, 4.69) is 22.1 Å². The third-order valence-corrected chi connectivity index (χ3v) is 13.4. The fourth-order valence-electron chi connectivity index (χ4n) is 9.35. The van der Waals surface area contributed by atoms with Crippen LogP contribution in [0.15, 0.2) is 46.1 Å². The average Bonchev–Trinajstić information content (AvgIpc) is 3.74. The van der Waals surface area contributed by atoms with Gasteiger partial charge in [0, 0.05) is 87.1 Å². The number of methoxy groups -OCH3 is 1. The van der Waals surface area contributed by atoms with E-state index in [9.17, 15) is 34.8 Å². The van der Waals surface area contributed by atoms with Gasteiger partial charge in [-0.25, -0.2) is 4.99 Å². The van der Waals surface area contributed by atoms with Gasteiger partial charge in [0.25, 0.3) is 11.7 Å². The van der Waals surface area contributed by atoms with Crippen LogP contribution in [-0.4, -0.2) is 106 Å². The Morgan fingerprint density at radius 1 is 0.968 bits per heavy atom. The number of rotatable bonds is 6. The minimum Gasteiger partial charge on any atom is -0.507 e. The lowest BCUT2D eigenvalue weighted by Gasteiger charge is -2.38. The summed E-state index contributed by atoms with van der Waals surface area (Å²) in [7, 11) is 1.47. The summed E-state index contributed by atoms with van der Waals surface area (Å²) in [5, 5.41) is 50.6. The summed E-state index contributed by atoms with van der Waals surface area (Å²) >= 11 is 0. The molecule has 5 aliphatic heterocycles. The zero-order valence-electron chi connectivity index (χ0n) is 37.7. The molecule has 0 saturated carbocycles. The number of likely N-dealkylation sites (tertiary alicyclic amines) is 1. The third-order valence-electron chi connectivity index (χ3n) is 13.4. The Morgan fingerprint density at radius 2 is 1.66 bits per heavy atom. The number of fused-ring (bicyclic) bond motifs is 13. The molecule has 0 aliphatic carbocycles. The molecule has 0 aromatic heterocycles. The van der Waals surface area contributed by atoms with Crippen molar-refractivity contribution in [2.75, 3.05) is 32.1 Å². The number of carbonyl (C=O) groups is 3. The fraction of sp³-hybridized carbons (Fsp3) is 0.596. The van der Waals surface area contributed by atoms with Crippen LogP contribution in [0.5, 0.6) is 17.2 Å². The maximum atomic E-state index is 14.7. The SMILES string of the molecule is CCCCCN1CCC2(CC1)N=c1c(c3c4c5c(C)c(O)c3c(O)c1=NC(=O)/C(C)=C\C=C/C(C)C(O)C(C)C(O)C(C)C(OC(C)=O)C(C)C(OC)/C=C\OC(C)(O5)C4=O)N2. The predicted molar refractivity (Wildman–Crippen MR) is 232 cm³/mol. The van der Waals surface area contributed by atoms with Crippen molar-refractivity contribution >= 4 is 34.1 Å². The lowest BCUT2D eigenvalue weighted by atomic mass is 9.78. The number of ether oxygens (including phenoxy) is 4. The summed E-state index contributed by atoms with van der Waals surface area (Å²) in [6, 6.07) is 0. The molecule has 0 radical (unpaired) electrons. The number of phenols is 2. The molecular formula is C47H64N4O11. The van der Waals surface area contributed by atoms with Gasteiger partial charge in [-0.1, -0.05) is 65.7 Å². The summed E-state index contributed by atoms with van der Waals surface area (Å²) in [5.41, 5.74) is -0.0862. The Bertz CT molecular complexity index is 2300. The molecular weight excluding hydrogens is 797 g/mol. The van der Waals surface area contributed by atoms with Gasteiger partial charge in [-0.15, -0.1) is 0 Å². The van der Waals surface area contributed by atoms with E-state index in [4.69, 9.17) is 23.9 Å². The number of nitrogens with zero attached hydrogens (tertiary/aromatic N) is 3. The number of amides is 1. The maximum Gasteiger partial charge on any atom is 0.312 e. The second-order valence-corrected chi connectivity index (χ2v) is 17.8. The number of anilines is 1. The number of carbonyl (C=O) groups excluding carboxylic acids is 3. The molecule has 5 aliphatic rings. The van der Waals surface area contributed by atoms with Crippen LogP contribution in [0, 0.1) is 30.6 Å². The quantitative estimate of drug-likeness (QED) is 0.142. The van der Waals surface area contributed by atoms with Crippen LogP contribution in [0.2, 0.25) is 0 Å². The lowest BCUT2D eigenvalue weighted by molar-refractivity contribution is -0.160. The highest BCUT2D eigenvalue weighted by Crippen LogP contribution is 2.51. The largest absolute Gasteiger partial charge is 0.507 e. The molecule has 1 saturated heterocycles. The maximum absolute atomic E-state index is 14.7. The van der Waals surface area contributed by atoms with Crippen LogP contribution >= 0.6 is 0 Å². The van der Waals surface area contributed by atoms with Crippen LogP contribution in [0.25, 0.3) is 10.8 Å². The average molecular weight is 861 g/mol. The van der Waals surface area contributed by atoms with E-state index in [1.807, 2.05) is 0 Å². The fourth-order valence-corrected chi connectivity index (χ4v) is 9.35. The number of phenolic OH excluding ortho intramolecular Hbond substituents is 2. The molecule has 338 valence electrons. The molecule has 1 spiro atoms. The molecule has 1 amide bonds. The number of unbranched alkanes of at least 4 members (excludes halogenated alkanes) is 2. The van der Waals surface area contributed by atoms with Crippen molar-refractivity contribution in [1.29, 1.82) is 0 Å². The molecule has 9 atom stereocenters. The number of ketones is 1. The van der Waals surface area contributed by atoms with Crippen LogP contribution in [0.1, 0.15) is 103 Å². The number of aliphatic hydroxyl groups is 2. The van der Waals surface area contributed by atoms with E-state index < -0.39 is 82.9 Å². The molecule has 7 rings (SSSR count). The first-order valence-electron chi connectivity index (χ1n) is 21.9. The number of benzene rings is 2. The lowest BCUT2D eigenvalue weighted by Crippen LogP contribution is -2.47. The van der Waals surface area contributed by atoms with E-state index >= 15 is 0 Å². The van der Waals surface area contributed by atoms with Gasteiger partial charge in [0.2, 0.25) is 0 Å². The smallest absolute Gasteiger partial charge is 0.312 e. The highest BCUT2D eigenvalue weighted by Gasteiger charge is 2.51. The molecule has 2 aromatic carbocycles. The normalized spacial score (nSPS) is 32.2. The Morgan fingerprint density at radius 3 is 2.31 bits per heavy atom. The van der Waals surface area contributed by atoms with Gasteiger partial charge in [-0.2, -0.15) is 0 Å². The summed E-state index contributed by atoms with van der Waals surface area (Å²) in [5.74, 6) is -7.01. The van der Waals surface area contributed by atoms with Gasteiger partial charge in [-0.05, 0) is 32.9 Å². The van der Waals surface area contributed by atoms with Crippen molar-refractivity contribution < 1.29 is 53.8 Å². The van der Waals surface area contributed by atoms with Crippen molar-refractivity contribution in [3.05, 3.63) is 58.0 Å². The Labute approximate surface area is 363 Å². The summed E-state index contributed by atoms with van der Waals surface area (Å²) in [4.78, 5) is 53.0. The monoisotopic (exact) mass is 860 g/mol. The third kappa shape index (κ3) is 8.73. The zero-order chi connectivity index (χ0) is 45.4. The van der Waals surface area contributed by atoms with Gasteiger partial charge in [0.1, 0.15) is 34.0 Å². The highest BCUT2D eigenvalue weighted by molar-refractivity contribution is 6.21. The predicted octanol–water partition coefficient (Wildman–Crippen LogP) is 5.28. The molecule has 1 fully saturated rings. The summed E-state index contributed by atoms with van der Waals surface area (Å²) < 4.78 is 24.0. The Hall–Kier alpha value is -4.83. The number of allylic oxidation sites excluding steroid dienone is 2. The van der Waals surface area contributed by atoms with Crippen LogP contribution in [0.4, 0.5) is 5.69 Å². The number of Topliss-reactive ketones (excluding diaryl/α,β-unsaturated/α-hetero) is 1. The van der Waals surface area contributed by atoms with E-state index in [1.54, 1.807) is 65.8 Å². The van der Waals surface area contributed by atoms with Crippen LogP contribution in [-0.2, 0) is 23.8 Å². The molecule has 2 aromatic rings. The van der Waals surface area contributed by atoms with E-state index in [-0.39, 0.29) is 49.7 Å². The first kappa shape index (κ1) is 46.7. The second-order valence-electron chi connectivity index (χ2n) is 17.8. The molecule has 5 bridgehead atoms. The van der Waals surface area contributed by atoms with E-state index in [0.29, 0.717) is 18.5 Å². The summed E-state index contributed by atoms with van der Waals surface area (Å²) in [6.07, 6.45) is 8.46. The number of hydrogen-bond donors (Lipinski definition) is 5. The standard InChI is InChI=1S/C47H64N4O11/c1-11-12-13-20-51-21-18-47(19-22-51)49-35-32-33-40(55)29(7)43-34(32)44(57)46(9,62-43)60-23-17-31(59-10)26(4)42(61-30(8)52)28(6)39(54)27(5)38(53)24(2)15-14-16-25(3)45(58)48-37(41(33)56)36(35)50-47/h14-17,23-24,26-28,31,38-39,42,49,53-56H,11-13,18-22H2,1-10H3/b15-14-,23-17-,25-16-,48-37?. The van der Waals surface area contributed by atoms with Crippen molar-refractivity contribution in [3.8, 4) is 17.2 Å². The van der Waals surface area contributed by atoms with Gasteiger partial charge in [-0.3, -0.25) is 19.4 Å². The number of piperidine rings is 1. The minimum absolute atomic E-state index is 0.0581. The van der Waals surface area contributed by atoms with Gasteiger partial charge < -0.3 is 49.6 Å². The van der Waals surface area contributed by atoms with Gasteiger partial charge in [0.05, 0.1) is 41.2 Å². The van der Waals surface area contributed by atoms with Crippen molar-refractivity contribution in [2.45, 2.75) is 130 Å². The number of esters is 1. The van der Waals surface area contributed by atoms with Crippen molar-refractivity contribution in [3.63, 3.8) is 0 Å². The van der Waals surface area contributed by atoms with Crippen molar-refractivity contribution in [2.24, 2.45) is 33.7 Å². The van der Waals surface area contributed by atoms with Crippen LogP contribution in [0.3, 0.4) is 0 Å². The number of hydrogen-bond acceptors (Lipinski definition) is 14. The highest BCUT2D eigenvalue weighted by atomic mass is 16.7.